The van der Waals surface area contributed by atoms with Crippen molar-refractivity contribution in [1.29, 1.82) is 0 Å². The first kappa shape index (κ1) is 17.5. The summed E-state index contributed by atoms with van der Waals surface area (Å²) in [7, 11) is 0. The Labute approximate surface area is 167 Å². The Morgan fingerprint density at radius 2 is 2.00 bits per heavy atom. The van der Waals surface area contributed by atoms with Gasteiger partial charge in [-0.25, -0.2) is 14.3 Å². The van der Waals surface area contributed by atoms with Crippen LogP contribution in [-0.4, -0.2) is 35.7 Å². The molecule has 1 amide bonds. The van der Waals surface area contributed by atoms with Gasteiger partial charge in [0.25, 0.3) is 0 Å². The number of carbonyl (C=O) groups is 1. The van der Waals surface area contributed by atoms with Crippen LogP contribution >= 0.6 is 0 Å². The number of anilines is 1. The van der Waals surface area contributed by atoms with Crippen LogP contribution in [0.15, 0.2) is 48.7 Å². The van der Waals surface area contributed by atoms with Crippen molar-refractivity contribution in [2.45, 2.75) is 38.6 Å². The molecule has 8 heteroatoms. The van der Waals surface area contributed by atoms with Crippen LogP contribution in [0, 0.1) is 6.92 Å². The zero-order valence-corrected chi connectivity index (χ0v) is 16.3. The number of hydrogen-bond donors (Lipinski definition) is 1. The summed E-state index contributed by atoms with van der Waals surface area (Å²) in [6, 6.07) is 13.0. The minimum atomic E-state index is -0.537. The maximum atomic E-state index is 12.7. The normalized spacial score (nSPS) is 14.8. The van der Waals surface area contributed by atoms with Crippen molar-refractivity contribution in [3.8, 4) is 5.69 Å². The predicted octanol–water partition coefficient (Wildman–Crippen LogP) is 3.40. The lowest BCUT2D eigenvalue weighted by molar-refractivity contribution is -0.119. The largest absolute Gasteiger partial charge is 0.324 e. The Morgan fingerprint density at radius 3 is 2.76 bits per heavy atom. The van der Waals surface area contributed by atoms with Gasteiger partial charge in [-0.3, -0.25) is 4.79 Å². The quantitative estimate of drug-likeness (QED) is 0.567. The van der Waals surface area contributed by atoms with E-state index >= 15 is 0 Å². The van der Waals surface area contributed by atoms with E-state index in [1.54, 1.807) is 19.2 Å². The summed E-state index contributed by atoms with van der Waals surface area (Å²) in [5, 5.41) is 15.7. The molecule has 5 rings (SSSR count). The molecule has 0 aliphatic heterocycles. The number of amides is 1. The standard InChI is InChI=1S/C21H21N7O/c1-13-12-19(15-5-6-15)28(25-13)17-9-7-16(8-10-17)23-21(29)14(2)27-20-18(24-26-27)4-3-11-22-20/h3-4,7-12,14-15H,5-6H2,1-2H3,(H,23,29)/t14-/m0/s1. The van der Waals surface area contributed by atoms with Crippen LogP contribution in [0.1, 0.15) is 43.1 Å². The second-order valence-corrected chi connectivity index (χ2v) is 7.49. The van der Waals surface area contributed by atoms with Crippen LogP contribution in [0.3, 0.4) is 0 Å². The molecule has 0 saturated heterocycles. The number of nitrogens with zero attached hydrogens (tertiary/aromatic N) is 6. The van der Waals surface area contributed by atoms with E-state index in [1.807, 2.05) is 41.9 Å². The maximum Gasteiger partial charge on any atom is 0.249 e. The van der Waals surface area contributed by atoms with Crippen molar-refractivity contribution in [2.75, 3.05) is 5.32 Å². The number of pyridine rings is 1. The number of aryl methyl sites for hydroxylation is 1. The van der Waals surface area contributed by atoms with E-state index in [0.29, 0.717) is 17.1 Å². The van der Waals surface area contributed by atoms with Crippen molar-refractivity contribution >= 4 is 22.8 Å². The van der Waals surface area contributed by atoms with E-state index < -0.39 is 6.04 Å². The van der Waals surface area contributed by atoms with Gasteiger partial charge < -0.3 is 5.32 Å². The average Bonchev–Trinajstić information content (AvgIpc) is 3.37. The second kappa shape index (κ2) is 6.80. The fraction of sp³-hybridized carbons (Fsp3) is 0.286. The average molecular weight is 387 g/mol. The van der Waals surface area contributed by atoms with Crippen LogP contribution in [0.4, 0.5) is 5.69 Å². The van der Waals surface area contributed by atoms with Crippen molar-refractivity contribution in [2.24, 2.45) is 0 Å². The van der Waals surface area contributed by atoms with Crippen molar-refractivity contribution in [3.05, 3.63) is 60.0 Å². The Hall–Kier alpha value is -3.55. The minimum absolute atomic E-state index is 0.177. The van der Waals surface area contributed by atoms with Gasteiger partial charge in [-0.2, -0.15) is 5.10 Å². The lowest BCUT2D eigenvalue weighted by atomic mass is 10.2. The molecular weight excluding hydrogens is 366 g/mol. The van der Waals surface area contributed by atoms with E-state index in [1.165, 1.54) is 23.2 Å². The van der Waals surface area contributed by atoms with Gasteiger partial charge in [-0.05, 0) is 69.2 Å². The molecule has 1 N–H and O–H groups in total. The fourth-order valence-corrected chi connectivity index (χ4v) is 3.48. The molecule has 1 aliphatic rings. The van der Waals surface area contributed by atoms with Crippen LogP contribution in [0.2, 0.25) is 0 Å². The third-order valence-electron chi connectivity index (χ3n) is 5.21. The number of aromatic nitrogens is 6. The van der Waals surface area contributed by atoms with Gasteiger partial charge in [0.05, 0.1) is 11.4 Å². The highest BCUT2D eigenvalue weighted by atomic mass is 16.2. The van der Waals surface area contributed by atoms with E-state index in [-0.39, 0.29) is 5.91 Å². The van der Waals surface area contributed by atoms with Gasteiger partial charge in [0.15, 0.2) is 5.65 Å². The van der Waals surface area contributed by atoms with Gasteiger partial charge in [0.2, 0.25) is 5.91 Å². The molecule has 1 aliphatic carbocycles. The number of rotatable bonds is 5. The van der Waals surface area contributed by atoms with Crippen molar-refractivity contribution in [1.82, 2.24) is 29.8 Å². The summed E-state index contributed by atoms with van der Waals surface area (Å²) in [5.74, 6) is 0.436. The number of nitrogens with one attached hydrogen (secondary N) is 1. The third-order valence-corrected chi connectivity index (χ3v) is 5.21. The van der Waals surface area contributed by atoms with E-state index in [4.69, 9.17) is 0 Å². The summed E-state index contributed by atoms with van der Waals surface area (Å²) in [6.07, 6.45) is 4.12. The Bertz CT molecular complexity index is 1190. The van der Waals surface area contributed by atoms with Crippen LogP contribution in [-0.2, 0) is 4.79 Å². The molecule has 8 nitrogen and oxygen atoms in total. The zero-order valence-electron chi connectivity index (χ0n) is 16.3. The molecule has 1 aromatic carbocycles. The molecule has 3 aromatic heterocycles. The monoisotopic (exact) mass is 387 g/mol. The molecule has 29 heavy (non-hydrogen) atoms. The van der Waals surface area contributed by atoms with E-state index in [2.05, 4.69) is 31.8 Å². The van der Waals surface area contributed by atoms with Crippen molar-refractivity contribution in [3.63, 3.8) is 0 Å². The molecule has 0 radical (unpaired) electrons. The summed E-state index contributed by atoms with van der Waals surface area (Å²) in [5.41, 5.74) is 5.26. The molecule has 0 unspecified atom stereocenters. The molecule has 3 heterocycles. The van der Waals surface area contributed by atoms with Gasteiger partial charge >= 0.3 is 0 Å². The molecule has 1 atom stereocenters. The van der Waals surface area contributed by atoms with E-state index in [9.17, 15) is 4.79 Å². The highest BCUT2D eigenvalue weighted by molar-refractivity contribution is 5.94. The molecule has 146 valence electrons. The Balaban J connectivity index is 1.34. The number of fused-ring (bicyclic) bond motifs is 1. The molecule has 1 fully saturated rings. The number of benzene rings is 1. The van der Waals surface area contributed by atoms with Crippen LogP contribution < -0.4 is 5.32 Å². The molecular formula is C21H21N7O. The highest BCUT2D eigenvalue weighted by Crippen LogP contribution is 2.41. The lowest BCUT2D eigenvalue weighted by Gasteiger charge is -2.13. The zero-order chi connectivity index (χ0) is 20.0. The van der Waals surface area contributed by atoms with Gasteiger partial charge in [0.1, 0.15) is 11.6 Å². The Kier molecular flexibility index (Phi) is 4.12. The number of hydrogen-bond acceptors (Lipinski definition) is 5. The molecule has 1 saturated carbocycles. The first-order valence-electron chi connectivity index (χ1n) is 9.74. The topological polar surface area (TPSA) is 90.5 Å². The predicted molar refractivity (Wildman–Crippen MR) is 109 cm³/mol. The van der Waals surface area contributed by atoms with Gasteiger partial charge in [-0.1, -0.05) is 5.21 Å². The summed E-state index contributed by atoms with van der Waals surface area (Å²) < 4.78 is 3.54. The van der Waals surface area contributed by atoms with Gasteiger partial charge in [0, 0.05) is 23.5 Å². The molecule has 0 spiro atoms. The summed E-state index contributed by atoms with van der Waals surface area (Å²) in [4.78, 5) is 17.0. The SMILES string of the molecule is Cc1cc(C2CC2)n(-c2ccc(NC(=O)[C@H](C)n3nnc4cccnc43)cc2)n1. The fourth-order valence-electron chi connectivity index (χ4n) is 3.48. The maximum absolute atomic E-state index is 12.7. The molecule has 0 bridgehead atoms. The summed E-state index contributed by atoms with van der Waals surface area (Å²) in [6.45, 7) is 3.79. The lowest BCUT2D eigenvalue weighted by Crippen LogP contribution is -2.24. The van der Waals surface area contributed by atoms with Crippen molar-refractivity contribution < 1.29 is 4.79 Å². The Morgan fingerprint density at radius 1 is 1.21 bits per heavy atom. The smallest absolute Gasteiger partial charge is 0.249 e. The third kappa shape index (κ3) is 3.26. The molecule has 4 aromatic rings. The minimum Gasteiger partial charge on any atom is -0.324 e. The first-order chi connectivity index (χ1) is 14.1. The van der Waals surface area contributed by atoms with Crippen LogP contribution in [0.5, 0.6) is 0 Å². The highest BCUT2D eigenvalue weighted by Gasteiger charge is 2.28. The van der Waals surface area contributed by atoms with E-state index in [0.717, 1.165) is 17.1 Å². The van der Waals surface area contributed by atoms with Gasteiger partial charge in [-0.15, -0.1) is 5.10 Å². The number of carbonyl (C=O) groups excluding carboxylic acids is 1. The van der Waals surface area contributed by atoms with Crippen LogP contribution in [0.25, 0.3) is 16.9 Å². The second-order valence-electron chi connectivity index (χ2n) is 7.49. The first-order valence-corrected chi connectivity index (χ1v) is 9.74. The summed E-state index contributed by atoms with van der Waals surface area (Å²) >= 11 is 0.